The van der Waals surface area contributed by atoms with Crippen molar-refractivity contribution in [2.24, 2.45) is 0 Å². The molecule has 128 valence electrons. The smallest absolute Gasteiger partial charge is 0.411 e. The second-order valence-corrected chi connectivity index (χ2v) is 7.38. The Kier molecular flexibility index (Phi) is 6.65. The van der Waals surface area contributed by atoms with E-state index >= 15 is 0 Å². The molecule has 1 unspecified atom stereocenters. The number of likely N-dealkylation sites (N-methyl/N-ethyl adjacent to an activating group) is 1. The highest BCUT2D eigenvalue weighted by Gasteiger charge is 2.33. The van der Waals surface area contributed by atoms with Gasteiger partial charge in [0.2, 0.25) is 0 Å². The molecule has 2 aromatic rings. The summed E-state index contributed by atoms with van der Waals surface area (Å²) in [7, 11) is 0. The highest BCUT2D eigenvalue weighted by Crippen LogP contribution is 2.37. The fourth-order valence-electron chi connectivity index (χ4n) is 2.13. The van der Waals surface area contributed by atoms with E-state index in [1.165, 1.54) is 4.90 Å². The van der Waals surface area contributed by atoms with Gasteiger partial charge in [-0.05, 0) is 34.5 Å². The zero-order chi connectivity index (χ0) is 17.7. The quantitative estimate of drug-likeness (QED) is 0.701. The number of carbonyl (C=O) groups excluding carboxylic acids is 1. The molecule has 0 spiro atoms. The fraction of sp³-hybridized carbons (Fsp3) is 0.250. The van der Waals surface area contributed by atoms with E-state index in [-0.39, 0.29) is 13.2 Å². The monoisotopic (exact) mass is 431 g/mol. The van der Waals surface area contributed by atoms with Crippen molar-refractivity contribution in [1.82, 2.24) is 4.90 Å². The van der Waals surface area contributed by atoms with Crippen LogP contribution < -0.4 is 0 Å². The molecule has 1 aromatic carbocycles. The van der Waals surface area contributed by atoms with Crippen LogP contribution in [0.3, 0.4) is 0 Å². The molecular formula is C16H15BrClNO4S. The number of rotatable bonds is 6. The van der Waals surface area contributed by atoms with Gasteiger partial charge in [0, 0.05) is 15.9 Å². The third-order valence-corrected chi connectivity index (χ3v) is 5.79. The summed E-state index contributed by atoms with van der Waals surface area (Å²) in [5, 5.41) is 9.56. The molecule has 5 nitrogen and oxygen atoms in total. The molecule has 1 amide bonds. The number of halogens is 2. The summed E-state index contributed by atoms with van der Waals surface area (Å²) in [6.45, 7) is 1.97. The highest BCUT2D eigenvalue weighted by molar-refractivity contribution is 9.10. The van der Waals surface area contributed by atoms with E-state index in [1.807, 2.05) is 30.3 Å². The maximum Gasteiger partial charge on any atom is 0.411 e. The van der Waals surface area contributed by atoms with Gasteiger partial charge in [0.05, 0.1) is 0 Å². The van der Waals surface area contributed by atoms with Crippen LogP contribution in [-0.2, 0) is 16.1 Å². The van der Waals surface area contributed by atoms with Crippen molar-refractivity contribution in [3.8, 4) is 0 Å². The van der Waals surface area contributed by atoms with Gasteiger partial charge in [0.15, 0.2) is 6.04 Å². The first-order valence-electron chi connectivity index (χ1n) is 7.08. The number of nitrogens with zero attached hydrogens (tertiary/aromatic N) is 1. The van der Waals surface area contributed by atoms with Gasteiger partial charge < -0.3 is 9.84 Å². The van der Waals surface area contributed by atoms with Crippen LogP contribution in [0.15, 0.2) is 40.9 Å². The lowest BCUT2D eigenvalue weighted by atomic mass is 10.2. The maximum absolute atomic E-state index is 12.4. The number of carbonyl (C=O) groups is 2. The van der Waals surface area contributed by atoms with Crippen molar-refractivity contribution in [3.63, 3.8) is 0 Å². The van der Waals surface area contributed by atoms with Crippen LogP contribution in [0.2, 0.25) is 4.34 Å². The Morgan fingerprint density at radius 2 is 2.04 bits per heavy atom. The molecule has 1 heterocycles. The molecule has 0 aliphatic carbocycles. The molecule has 2 rings (SSSR count). The van der Waals surface area contributed by atoms with Gasteiger partial charge in [-0.15, -0.1) is 11.3 Å². The molecule has 8 heteroatoms. The first-order valence-corrected chi connectivity index (χ1v) is 9.07. The molecule has 1 atom stereocenters. The van der Waals surface area contributed by atoms with Crippen molar-refractivity contribution < 1.29 is 19.4 Å². The van der Waals surface area contributed by atoms with Gasteiger partial charge in [-0.25, -0.2) is 9.59 Å². The number of carboxylic acid groups (broad SMARTS) is 1. The lowest BCUT2D eigenvalue weighted by Crippen LogP contribution is -2.38. The zero-order valence-corrected chi connectivity index (χ0v) is 15.9. The number of carboxylic acids is 1. The number of benzene rings is 1. The van der Waals surface area contributed by atoms with Crippen molar-refractivity contribution in [1.29, 1.82) is 0 Å². The van der Waals surface area contributed by atoms with Crippen LogP contribution in [0, 0.1) is 0 Å². The van der Waals surface area contributed by atoms with Crippen LogP contribution in [-0.4, -0.2) is 28.6 Å². The van der Waals surface area contributed by atoms with Crippen LogP contribution in [0.5, 0.6) is 0 Å². The third-order valence-electron chi connectivity index (χ3n) is 3.26. The normalized spacial score (nSPS) is 11.8. The Bertz CT molecular complexity index is 703. The highest BCUT2D eigenvalue weighted by atomic mass is 79.9. The molecular weight excluding hydrogens is 418 g/mol. The minimum absolute atomic E-state index is 0.0808. The number of aliphatic carboxylic acids is 1. The second kappa shape index (κ2) is 8.50. The molecule has 0 bridgehead atoms. The minimum atomic E-state index is -1.15. The molecule has 0 saturated carbocycles. The second-order valence-electron chi connectivity index (χ2n) is 4.84. The van der Waals surface area contributed by atoms with Crippen LogP contribution >= 0.6 is 38.9 Å². The third kappa shape index (κ3) is 4.49. The fourth-order valence-corrected chi connectivity index (χ4v) is 3.97. The summed E-state index contributed by atoms with van der Waals surface area (Å²) in [5.74, 6) is -1.14. The first-order chi connectivity index (χ1) is 11.4. The summed E-state index contributed by atoms with van der Waals surface area (Å²) < 4.78 is 6.29. The number of thiophene rings is 1. The van der Waals surface area contributed by atoms with Gasteiger partial charge >= 0.3 is 12.1 Å². The van der Waals surface area contributed by atoms with Crippen molar-refractivity contribution in [3.05, 3.63) is 55.6 Å². The van der Waals surface area contributed by atoms with Crippen molar-refractivity contribution in [2.75, 3.05) is 6.54 Å². The Hall–Kier alpha value is -1.57. The van der Waals surface area contributed by atoms with E-state index in [2.05, 4.69) is 15.9 Å². The van der Waals surface area contributed by atoms with Gasteiger partial charge in [0.1, 0.15) is 10.9 Å². The molecule has 0 aliphatic heterocycles. The summed E-state index contributed by atoms with van der Waals surface area (Å²) in [5.41, 5.74) is 0.829. The lowest BCUT2D eigenvalue weighted by molar-refractivity contribution is -0.142. The van der Waals surface area contributed by atoms with Crippen LogP contribution in [0.25, 0.3) is 0 Å². The van der Waals surface area contributed by atoms with E-state index in [0.717, 1.165) is 16.9 Å². The number of ether oxygens (including phenoxy) is 1. The summed E-state index contributed by atoms with van der Waals surface area (Å²) in [6.07, 6.45) is -0.686. The Morgan fingerprint density at radius 3 is 2.54 bits per heavy atom. The summed E-state index contributed by atoms with van der Waals surface area (Å²) >= 11 is 10.4. The molecule has 24 heavy (non-hydrogen) atoms. The number of hydrogen-bond acceptors (Lipinski definition) is 4. The standard InChI is InChI=1S/C16H15BrClNO4S/c1-2-19(16(22)23-9-10-6-4-3-5-7-10)13(15(20)21)12-8-11(17)14(18)24-12/h3-8,13H,2,9H2,1H3,(H,20,21). The molecule has 1 aromatic heterocycles. The Balaban J connectivity index is 2.16. The van der Waals surface area contributed by atoms with Crippen molar-refractivity contribution >= 4 is 50.9 Å². The maximum atomic E-state index is 12.4. The lowest BCUT2D eigenvalue weighted by Gasteiger charge is -2.26. The van der Waals surface area contributed by atoms with Gasteiger partial charge in [-0.3, -0.25) is 4.90 Å². The van der Waals surface area contributed by atoms with Gasteiger partial charge in [-0.2, -0.15) is 0 Å². The minimum Gasteiger partial charge on any atom is -0.479 e. The summed E-state index contributed by atoms with van der Waals surface area (Å²) in [4.78, 5) is 25.7. The average molecular weight is 433 g/mol. The topological polar surface area (TPSA) is 66.8 Å². The number of hydrogen-bond donors (Lipinski definition) is 1. The first kappa shape index (κ1) is 18.8. The van der Waals surface area contributed by atoms with E-state index < -0.39 is 18.1 Å². The molecule has 0 radical (unpaired) electrons. The summed E-state index contributed by atoms with van der Waals surface area (Å²) in [6, 6.07) is 9.66. The van der Waals surface area contributed by atoms with E-state index in [9.17, 15) is 14.7 Å². The largest absolute Gasteiger partial charge is 0.479 e. The van der Waals surface area contributed by atoms with E-state index in [4.69, 9.17) is 16.3 Å². The Labute approximate surface area is 156 Å². The van der Waals surface area contributed by atoms with Crippen LogP contribution in [0.4, 0.5) is 4.79 Å². The predicted octanol–water partition coefficient (Wildman–Crippen LogP) is 4.95. The SMILES string of the molecule is CCN(C(=O)OCc1ccccc1)C(C(=O)O)c1cc(Br)c(Cl)s1. The molecule has 0 aliphatic rings. The molecule has 0 saturated heterocycles. The van der Waals surface area contributed by atoms with Gasteiger partial charge in [-0.1, -0.05) is 41.9 Å². The molecule has 1 N–H and O–H groups in total. The number of amides is 1. The average Bonchev–Trinajstić information content (AvgIpc) is 2.89. The predicted molar refractivity (Wildman–Crippen MR) is 96.4 cm³/mol. The Morgan fingerprint density at radius 1 is 1.38 bits per heavy atom. The zero-order valence-electron chi connectivity index (χ0n) is 12.7. The van der Waals surface area contributed by atoms with Crippen molar-refractivity contribution in [2.45, 2.75) is 19.6 Å². The van der Waals surface area contributed by atoms with Crippen LogP contribution in [0.1, 0.15) is 23.4 Å². The molecule has 0 fully saturated rings. The van der Waals surface area contributed by atoms with Gasteiger partial charge in [0.25, 0.3) is 0 Å². The van der Waals surface area contributed by atoms with E-state index in [0.29, 0.717) is 13.7 Å². The van der Waals surface area contributed by atoms with E-state index in [1.54, 1.807) is 13.0 Å².